The third-order valence-corrected chi connectivity index (χ3v) is 7.18. The lowest BCUT2D eigenvalue weighted by atomic mass is 9.91. The normalized spacial score (nSPS) is 26.7. The van der Waals surface area contributed by atoms with Gasteiger partial charge in [0.05, 0.1) is 24.5 Å². The molecule has 0 bridgehead atoms. The van der Waals surface area contributed by atoms with Crippen molar-refractivity contribution in [1.82, 2.24) is 15.5 Å². The SMILES string of the molecule is CCCCCCC[C@H]1NC(=O)C[C@H](O)[C@H](Cc2ccccc2)N(C)C(=O)[C@H](C(C)C)NC(=O)[C@H]1C. The summed E-state index contributed by atoms with van der Waals surface area (Å²) in [7, 11) is 1.65. The quantitative estimate of drug-likeness (QED) is 0.465. The first-order valence-corrected chi connectivity index (χ1v) is 13.2. The highest BCUT2D eigenvalue weighted by atomic mass is 16.3. The number of hydrogen-bond acceptors (Lipinski definition) is 4. The van der Waals surface area contributed by atoms with E-state index in [9.17, 15) is 19.5 Å². The van der Waals surface area contributed by atoms with Crippen molar-refractivity contribution in [1.29, 1.82) is 0 Å². The second kappa shape index (κ2) is 14.2. The summed E-state index contributed by atoms with van der Waals surface area (Å²) >= 11 is 0. The maximum atomic E-state index is 13.5. The molecule has 1 aromatic rings. The fourth-order valence-corrected chi connectivity index (χ4v) is 4.76. The molecule has 0 aliphatic carbocycles. The number of nitrogens with one attached hydrogen (secondary N) is 2. The van der Waals surface area contributed by atoms with E-state index in [1.54, 1.807) is 14.0 Å². The van der Waals surface area contributed by atoms with Crippen LogP contribution in [0, 0.1) is 11.8 Å². The molecule has 1 aromatic carbocycles. The molecule has 1 aliphatic rings. The van der Waals surface area contributed by atoms with Crippen LogP contribution in [0.3, 0.4) is 0 Å². The van der Waals surface area contributed by atoms with Gasteiger partial charge in [-0.1, -0.05) is 90.1 Å². The molecule has 3 N–H and O–H groups in total. The Balaban J connectivity index is 2.31. The summed E-state index contributed by atoms with van der Waals surface area (Å²) in [6.07, 6.45) is 5.36. The van der Waals surface area contributed by atoms with Crippen molar-refractivity contribution in [2.24, 2.45) is 11.8 Å². The Hall–Kier alpha value is -2.41. The van der Waals surface area contributed by atoms with E-state index in [2.05, 4.69) is 17.6 Å². The van der Waals surface area contributed by atoms with Crippen molar-refractivity contribution < 1.29 is 19.5 Å². The summed E-state index contributed by atoms with van der Waals surface area (Å²) in [4.78, 5) is 41.2. The van der Waals surface area contributed by atoms with Crippen LogP contribution in [0.1, 0.15) is 78.2 Å². The third-order valence-electron chi connectivity index (χ3n) is 7.18. The lowest BCUT2D eigenvalue weighted by Gasteiger charge is -2.37. The smallest absolute Gasteiger partial charge is 0.245 e. The number of carbonyl (C=O) groups is 3. The number of nitrogens with zero attached hydrogens (tertiary/aromatic N) is 1. The van der Waals surface area contributed by atoms with Crippen LogP contribution in [0.2, 0.25) is 0 Å². The minimum Gasteiger partial charge on any atom is -0.390 e. The number of unbranched alkanes of at least 4 members (excludes halogenated alkanes) is 4. The van der Waals surface area contributed by atoms with E-state index in [0.29, 0.717) is 12.8 Å². The summed E-state index contributed by atoms with van der Waals surface area (Å²) in [6, 6.07) is 7.97. The van der Waals surface area contributed by atoms with Gasteiger partial charge >= 0.3 is 0 Å². The van der Waals surface area contributed by atoms with Gasteiger partial charge in [0, 0.05) is 13.1 Å². The predicted octanol–water partition coefficient (Wildman–Crippen LogP) is 3.44. The Morgan fingerprint density at radius 3 is 2.31 bits per heavy atom. The molecule has 7 nitrogen and oxygen atoms in total. The molecular formula is C28H45N3O4. The summed E-state index contributed by atoms with van der Waals surface area (Å²) in [5.41, 5.74) is 0.965. The van der Waals surface area contributed by atoms with E-state index in [0.717, 1.165) is 31.2 Å². The van der Waals surface area contributed by atoms with Crippen LogP contribution >= 0.6 is 0 Å². The average molecular weight is 488 g/mol. The molecule has 1 saturated heterocycles. The minimum absolute atomic E-state index is 0.123. The Kier molecular flexibility index (Phi) is 11.7. The molecule has 0 saturated carbocycles. The van der Waals surface area contributed by atoms with Crippen LogP contribution in [0.25, 0.3) is 0 Å². The van der Waals surface area contributed by atoms with Crippen LogP contribution in [0.5, 0.6) is 0 Å². The van der Waals surface area contributed by atoms with E-state index in [-0.39, 0.29) is 36.1 Å². The molecule has 2 rings (SSSR count). The van der Waals surface area contributed by atoms with Gasteiger partial charge in [-0.2, -0.15) is 0 Å². The van der Waals surface area contributed by atoms with Crippen molar-refractivity contribution in [2.75, 3.05) is 7.05 Å². The van der Waals surface area contributed by atoms with Crippen molar-refractivity contribution in [3.63, 3.8) is 0 Å². The van der Waals surface area contributed by atoms with Crippen LogP contribution in [0.4, 0.5) is 0 Å². The number of amides is 3. The van der Waals surface area contributed by atoms with Gasteiger partial charge in [0.1, 0.15) is 6.04 Å². The van der Waals surface area contributed by atoms with Crippen molar-refractivity contribution in [2.45, 2.75) is 103 Å². The maximum absolute atomic E-state index is 13.5. The monoisotopic (exact) mass is 487 g/mol. The average Bonchev–Trinajstić information content (AvgIpc) is 2.83. The molecule has 3 amide bonds. The summed E-state index contributed by atoms with van der Waals surface area (Å²) in [6.45, 7) is 7.78. The number of aliphatic hydroxyl groups excluding tert-OH is 1. The van der Waals surface area contributed by atoms with Crippen LogP contribution in [-0.4, -0.2) is 59.0 Å². The molecule has 0 radical (unpaired) electrons. The highest BCUT2D eigenvalue weighted by Crippen LogP contribution is 2.20. The first kappa shape index (κ1) is 28.8. The van der Waals surface area contributed by atoms with Crippen LogP contribution in [-0.2, 0) is 20.8 Å². The van der Waals surface area contributed by atoms with Crippen molar-refractivity contribution >= 4 is 17.7 Å². The summed E-state index contributed by atoms with van der Waals surface area (Å²) < 4.78 is 0. The molecule has 1 aliphatic heterocycles. The number of carbonyl (C=O) groups excluding carboxylic acids is 3. The molecule has 0 aromatic heterocycles. The van der Waals surface area contributed by atoms with E-state index < -0.39 is 24.1 Å². The lowest BCUT2D eigenvalue weighted by molar-refractivity contribution is -0.143. The molecule has 1 fully saturated rings. The van der Waals surface area contributed by atoms with Gasteiger partial charge < -0.3 is 20.6 Å². The number of aliphatic hydroxyl groups is 1. The second-order valence-electron chi connectivity index (χ2n) is 10.4. The van der Waals surface area contributed by atoms with Gasteiger partial charge in [-0.15, -0.1) is 0 Å². The lowest BCUT2D eigenvalue weighted by Crippen LogP contribution is -2.59. The number of rotatable bonds is 9. The van der Waals surface area contributed by atoms with Gasteiger partial charge in [-0.25, -0.2) is 0 Å². The van der Waals surface area contributed by atoms with E-state index in [1.165, 1.54) is 11.3 Å². The Labute approximate surface area is 211 Å². The highest BCUT2D eigenvalue weighted by molar-refractivity contribution is 5.89. The topological polar surface area (TPSA) is 98.7 Å². The van der Waals surface area contributed by atoms with E-state index in [4.69, 9.17) is 0 Å². The molecule has 35 heavy (non-hydrogen) atoms. The van der Waals surface area contributed by atoms with Gasteiger partial charge in [0.2, 0.25) is 17.7 Å². The van der Waals surface area contributed by atoms with Gasteiger partial charge in [0.15, 0.2) is 0 Å². The van der Waals surface area contributed by atoms with Crippen LogP contribution < -0.4 is 10.6 Å². The number of likely N-dealkylation sites (N-methyl/N-ethyl adjacent to an activating group) is 1. The zero-order valence-electron chi connectivity index (χ0n) is 22.1. The highest BCUT2D eigenvalue weighted by Gasteiger charge is 2.37. The van der Waals surface area contributed by atoms with Gasteiger partial charge in [0.25, 0.3) is 0 Å². The fraction of sp³-hybridized carbons (Fsp3) is 0.679. The molecular weight excluding hydrogens is 442 g/mol. The van der Waals surface area contributed by atoms with Crippen molar-refractivity contribution in [3.05, 3.63) is 35.9 Å². The van der Waals surface area contributed by atoms with Crippen LogP contribution in [0.15, 0.2) is 30.3 Å². The maximum Gasteiger partial charge on any atom is 0.245 e. The predicted molar refractivity (Wildman–Crippen MR) is 139 cm³/mol. The molecule has 5 atom stereocenters. The Morgan fingerprint density at radius 2 is 1.69 bits per heavy atom. The van der Waals surface area contributed by atoms with Gasteiger partial charge in [-0.05, 0) is 24.3 Å². The zero-order valence-corrected chi connectivity index (χ0v) is 22.1. The fourth-order valence-electron chi connectivity index (χ4n) is 4.76. The number of hydrogen-bond donors (Lipinski definition) is 3. The third kappa shape index (κ3) is 8.64. The van der Waals surface area contributed by atoms with E-state index >= 15 is 0 Å². The molecule has 196 valence electrons. The Morgan fingerprint density at radius 1 is 1.03 bits per heavy atom. The van der Waals surface area contributed by atoms with Gasteiger partial charge in [-0.3, -0.25) is 14.4 Å². The summed E-state index contributed by atoms with van der Waals surface area (Å²) in [5, 5.41) is 17.1. The summed E-state index contributed by atoms with van der Waals surface area (Å²) in [5.74, 6) is -1.39. The first-order valence-electron chi connectivity index (χ1n) is 13.2. The second-order valence-corrected chi connectivity index (χ2v) is 10.4. The largest absolute Gasteiger partial charge is 0.390 e. The zero-order chi connectivity index (χ0) is 26.0. The molecule has 0 unspecified atom stereocenters. The van der Waals surface area contributed by atoms with Crippen molar-refractivity contribution in [3.8, 4) is 0 Å². The Bertz CT molecular complexity index is 814. The molecule has 7 heteroatoms. The van der Waals surface area contributed by atoms with E-state index in [1.807, 2.05) is 44.2 Å². The standard InChI is InChI=1S/C28H45N3O4/c1-6-7-8-9-13-16-22-20(4)27(34)30-26(19(2)3)28(35)31(5)23(24(32)18-25(33)29-22)17-21-14-11-10-12-15-21/h10-12,14-15,19-20,22-24,26,32H,6-9,13,16-18H2,1-5H3,(H,29,33)(H,30,34)/t20-,22+,23-,24-,26-/m0/s1. The molecule has 0 spiro atoms. The number of benzene rings is 1. The first-order chi connectivity index (χ1) is 16.6. The molecule has 1 heterocycles. The minimum atomic E-state index is -1.03.